The topological polar surface area (TPSA) is 38.3 Å². The first-order valence-electron chi connectivity index (χ1n) is 7.49. The third-order valence-corrected chi connectivity index (χ3v) is 4.17. The molecule has 0 spiro atoms. The van der Waals surface area contributed by atoms with Gasteiger partial charge in [-0.15, -0.1) is 0 Å². The predicted octanol–water partition coefficient (Wildman–Crippen LogP) is 4.66. The van der Waals surface area contributed by atoms with Gasteiger partial charge in [-0.25, -0.2) is 0 Å². The summed E-state index contributed by atoms with van der Waals surface area (Å²) in [7, 11) is 0. The zero-order chi connectivity index (χ0) is 15.4. The van der Waals surface area contributed by atoms with E-state index >= 15 is 0 Å². The highest BCUT2D eigenvalue weighted by molar-refractivity contribution is 6.30. The highest BCUT2D eigenvalue weighted by Gasteiger charge is 2.24. The summed E-state index contributed by atoms with van der Waals surface area (Å²) in [5.41, 5.74) is 1.88. The molecule has 0 bridgehead atoms. The average molecular weight is 316 g/mol. The molecule has 0 aromatic heterocycles. The first-order chi connectivity index (χ1) is 10.7. The van der Waals surface area contributed by atoms with Gasteiger partial charge in [0.1, 0.15) is 12.4 Å². The second kappa shape index (κ2) is 6.84. The zero-order valence-corrected chi connectivity index (χ0v) is 13.0. The molecular weight excluding hydrogens is 298 g/mol. The van der Waals surface area contributed by atoms with Crippen LogP contribution in [0.15, 0.2) is 48.5 Å². The molecule has 1 amide bonds. The number of halogens is 1. The molecule has 2 aromatic carbocycles. The van der Waals surface area contributed by atoms with Crippen LogP contribution < -0.4 is 10.1 Å². The van der Waals surface area contributed by atoms with E-state index in [-0.39, 0.29) is 11.8 Å². The number of carbonyl (C=O) groups excluding carboxylic acids is 1. The van der Waals surface area contributed by atoms with E-state index in [0.717, 1.165) is 41.3 Å². The molecule has 0 saturated heterocycles. The van der Waals surface area contributed by atoms with E-state index in [4.69, 9.17) is 16.3 Å². The lowest BCUT2D eigenvalue weighted by atomic mass is 9.85. The fourth-order valence-electron chi connectivity index (χ4n) is 2.30. The first kappa shape index (κ1) is 14.9. The summed E-state index contributed by atoms with van der Waals surface area (Å²) in [6, 6.07) is 15.0. The van der Waals surface area contributed by atoms with Gasteiger partial charge in [-0.1, -0.05) is 30.2 Å². The van der Waals surface area contributed by atoms with Crippen LogP contribution in [0.4, 0.5) is 5.69 Å². The summed E-state index contributed by atoms with van der Waals surface area (Å²) in [6.45, 7) is 0.491. The van der Waals surface area contributed by atoms with E-state index in [9.17, 15) is 4.79 Å². The molecule has 2 aromatic rings. The monoisotopic (exact) mass is 315 g/mol. The van der Waals surface area contributed by atoms with Crippen molar-refractivity contribution >= 4 is 23.2 Å². The summed E-state index contributed by atoms with van der Waals surface area (Å²) < 4.78 is 5.72. The van der Waals surface area contributed by atoms with Crippen molar-refractivity contribution in [2.45, 2.75) is 25.9 Å². The zero-order valence-electron chi connectivity index (χ0n) is 12.2. The van der Waals surface area contributed by atoms with Crippen molar-refractivity contribution < 1.29 is 9.53 Å². The lowest BCUT2D eigenvalue weighted by Gasteiger charge is -2.24. The van der Waals surface area contributed by atoms with Crippen LogP contribution in [0.2, 0.25) is 5.02 Å². The third-order valence-electron chi connectivity index (χ3n) is 3.92. The lowest BCUT2D eigenvalue weighted by Crippen LogP contribution is -2.27. The standard InChI is InChI=1S/C18H18ClNO2/c19-15-6-4-13(5-7-15)12-22-17-10-8-16(9-11-17)20-18(21)14-2-1-3-14/h4-11,14H,1-3,12H2,(H,20,21). The molecule has 1 aliphatic rings. The van der Waals surface area contributed by atoms with Crippen molar-refractivity contribution in [1.82, 2.24) is 0 Å². The number of nitrogens with one attached hydrogen (secondary N) is 1. The predicted molar refractivity (Wildman–Crippen MR) is 88.2 cm³/mol. The van der Waals surface area contributed by atoms with Crippen molar-refractivity contribution in [3.63, 3.8) is 0 Å². The number of hydrogen-bond donors (Lipinski definition) is 1. The Balaban J connectivity index is 1.52. The van der Waals surface area contributed by atoms with Gasteiger partial charge in [0.15, 0.2) is 0 Å². The van der Waals surface area contributed by atoms with E-state index in [1.54, 1.807) is 0 Å². The Bertz CT molecular complexity index is 633. The molecule has 0 aliphatic heterocycles. The van der Waals surface area contributed by atoms with Crippen LogP contribution in [0.25, 0.3) is 0 Å². The Morgan fingerprint density at radius 2 is 1.77 bits per heavy atom. The van der Waals surface area contributed by atoms with Gasteiger partial charge in [0.05, 0.1) is 0 Å². The Morgan fingerprint density at radius 1 is 1.09 bits per heavy atom. The highest BCUT2D eigenvalue weighted by Crippen LogP contribution is 2.28. The Labute approximate surface area is 135 Å². The normalized spacial score (nSPS) is 14.2. The van der Waals surface area contributed by atoms with E-state index in [0.29, 0.717) is 6.61 Å². The molecule has 0 unspecified atom stereocenters. The van der Waals surface area contributed by atoms with Gasteiger partial charge in [-0.2, -0.15) is 0 Å². The fourth-order valence-corrected chi connectivity index (χ4v) is 2.42. The van der Waals surface area contributed by atoms with Gasteiger partial charge in [0, 0.05) is 16.6 Å². The SMILES string of the molecule is O=C(Nc1ccc(OCc2ccc(Cl)cc2)cc1)C1CCC1. The van der Waals surface area contributed by atoms with Crippen molar-refractivity contribution in [2.75, 3.05) is 5.32 Å². The smallest absolute Gasteiger partial charge is 0.227 e. The van der Waals surface area contributed by atoms with Crippen LogP contribution in [0.3, 0.4) is 0 Å². The van der Waals surface area contributed by atoms with Gasteiger partial charge < -0.3 is 10.1 Å². The summed E-state index contributed by atoms with van der Waals surface area (Å²) in [5.74, 6) is 1.10. The first-order valence-corrected chi connectivity index (χ1v) is 7.87. The number of hydrogen-bond acceptors (Lipinski definition) is 2. The molecule has 3 rings (SSSR count). The molecule has 114 valence electrons. The third kappa shape index (κ3) is 3.80. The molecule has 0 heterocycles. The molecule has 3 nitrogen and oxygen atoms in total. The van der Waals surface area contributed by atoms with Gasteiger partial charge in [-0.05, 0) is 54.8 Å². The molecular formula is C18H18ClNO2. The van der Waals surface area contributed by atoms with Crippen molar-refractivity contribution in [2.24, 2.45) is 5.92 Å². The molecule has 1 saturated carbocycles. The van der Waals surface area contributed by atoms with Crippen molar-refractivity contribution in [3.05, 3.63) is 59.1 Å². The summed E-state index contributed by atoms with van der Waals surface area (Å²) >= 11 is 5.85. The van der Waals surface area contributed by atoms with E-state index in [2.05, 4.69) is 5.32 Å². The van der Waals surface area contributed by atoms with Gasteiger partial charge in [0.25, 0.3) is 0 Å². The van der Waals surface area contributed by atoms with Crippen LogP contribution in [0.5, 0.6) is 5.75 Å². The Kier molecular flexibility index (Phi) is 4.64. The molecule has 1 fully saturated rings. The number of rotatable bonds is 5. The minimum Gasteiger partial charge on any atom is -0.489 e. The van der Waals surface area contributed by atoms with Gasteiger partial charge >= 0.3 is 0 Å². The van der Waals surface area contributed by atoms with Crippen LogP contribution >= 0.6 is 11.6 Å². The van der Waals surface area contributed by atoms with Crippen LogP contribution in [-0.4, -0.2) is 5.91 Å². The fraction of sp³-hybridized carbons (Fsp3) is 0.278. The molecule has 4 heteroatoms. The minimum atomic E-state index is 0.126. The van der Waals surface area contributed by atoms with E-state index < -0.39 is 0 Å². The van der Waals surface area contributed by atoms with Crippen LogP contribution in [0, 0.1) is 5.92 Å². The maximum Gasteiger partial charge on any atom is 0.227 e. The second-order valence-corrected chi connectivity index (χ2v) is 5.99. The Hall–Kier alpha value is -2.00. The number of amides is 1. The van der Waals surface area contributed by atoms with E-state index in [1.165, 1.54) is 0 Å². The maximum atomic E-state index is 11.9. The number of anilines is 1. The van der Waals surface area contributed by atoms with Crippen LogP contribution in [0.1, 0.15) is 24.8 Å². The molecule has 0 atom stereocenters. The minimum absolute atomic E-state index is 0.126. The Morgan fingerprint density at radius 3 is 2.36 bits per heavy atom. The number of benzene rings is 2. The van der Waals surface area contributed by atoms with Gasteiger partial charge in [0.2, 0.25) is 5.91 Å². The largest absolute Gasteiger partial charge is 0.489 e. The summed E-state index contributed by atoms with van der Waals surface area (Å²) in [4.78, 5) is 11.9. The molecule has 1 N–H and O–H groups in total. The number of ether oxygens (including phenoxy) is 1. The van der Waals surface area contributed by atoms with Gasteiger partial charge in [-0.3, -0.25) is 4.79 Å². The molecule has 22 heavy (non-hydrogen) atoms. The highest BCUT2D eigenvalue weighted by atomic mass is 35.5. The molecule has 1 aliphatic carbocycles. The maximum absolute atomic E-state index is 11.9. The number of carbonyl (C=O) groups is 1. The van der Waals surface area contributed by atoms with E-state index in [1.807, 2.05) is 48.5 Å². The van der Waals surface area contributed by atoms with Crippen molar-refractivity contribution in [3.8, 4) is 5.75 Å². The summed E-state index contributed by atoms with van der Waals surface area (Å²) in [5, 5.41) is 3.66. The lowest BCUT2D eigenvalue weighted by molar-refractivity contribution is -0.122. The van der Waals surface area contributed by atoms with Crippen LogP contribution in [-0.2, 0) is 11.4 Å². The second-order valence-electron chi connectivity index (χ2n) is 5.56. The van der Waals surface area contributed by atoms with Crippen molar-refractivity contribution in [1.29, 1.82) is 0 Å². The quantitative estimate of drug-likeness (QED) is 0.871. The molecule has 0 radical (unpaired) electrons. The average Bonchev–Trinajstić information content (AvgIpc) is 2.46. The summed E-state index contributed by atoms with van der Waals surface area (Å²) in [6.07, 6.45) is 3.18.